The third-order valence-corrected chi connectivity index (χ3v) is 2.79. The van der Waals surface area contributed by atoms with Crippen LogP contribution >= 0.6 is 12.6 Å². The highest BCUT2D eigenvalue weighted by atomic mass is 32.1. The number of amides is 1. The van der Waals surface area contributed by atoms with Gasteiger partial charge in [0.2, 0.25) is 5.91 Å². The molecule has 3 heteroatoms. The highest BCUT2D eigenvalue weighted by Crippen LogP contribution is 2.17. The van der Waals surface area contributed by atoms with Crippen LogP contribution in [0.15, 0.2) is 0 Å². The van der Waals surface area contributed by atoms with Gasteiger partial charge in [0, 0.05) is 13.6 Å². The van der Waals surface area contributed by atoms with Gasteiger partial charge in [0.15, 0.2) is 0 Å². The van der Waals surface area contributed by atoms with Crippen LogP contribution < -0.4 is 0 Å². The predicted octanol–water partition coefficient (Wildman–Crippen LogP) is 2.45. The summed E-state index contributed by atoms with van der Waals surface area (Å²) < 4.78 is 0. The fraction of sp³-hybridized carbons (Fsp3) is 0.909. The van der Waals surface area contributed by atoms with Gasteiger partial charge in [-0.1, -0.05) is 34.6 Å². The van der Waals surface area contributed by atoms with Crippen LogP contribution in [0.5, 0.6) is 0 Å². The molecule has 1 atom stereocenters. The van der Waals surface area contributed by atoms with Crippen molar-refractivity contribution in [2.75, 3.05) is 13.6 Å². The Labute approximate surface area is 93.5 Å². The second kappa shape index (κ2) is 5.06. The number of rotatable bonds is 3. The molecule has 0 radical (unpaired) electrons. The fourth-order valence-electron chi connectivity index (χ4n) is 1.30. The molecule has 2 nitrogen and oxygen atoms in total. The molecule has 1 unspecified atom stereocenters. The summed E-state index contributed by atoms with van der Waals surface area (Å²) in [5, 5.41) is -0.178. The van der Waals surface area contributed by atoms with E-state index in [9.17, 15) is 4.79 Å². The van der Waals surface area contributed by atoms with E-state index >= 15 is 0 Å². The number of hydrogen-bond donors (Lipinski definition) is 1. The van der Waals surface area contributed by atoms with Crippen LogP contribution in [0, 0.1) is 11.3 Å². The Morgan fingerprint density at radius 1 is 1.36 bits per heavy atom. The molecule has 0 bridgehead atoms. The van der Waals surface area contributed by atoms with E-state index in [0.29, 0.717) is 0 Å². The predicted molar refractivity (Wildman–Crippen MR) is 64.7 cm³/mol. The number of hydrogen-bond acceptors (Lipinski definition) is 2. The maximum absolute atomic E-state index is 11.8. The van der Waals surface area contributed by atoms with E-state index in [2.05, 4.69) is 33.4 Å². The number of nitrogens with zero attached hydrogens (tertiary/aromatic N) is 1. The maximum atomic E-state index is 11.8. The van der Waals surface area contributed by atoms with Gasteiger partial charge in [-0.05, 0) is 11.3 Å². The van der Waals surface area contributed by atoms with Crippen molar-refractivity contribution in [2.45, 2.75) is 39.9 Å². The second-order valence-electron chi connectivity index (χ2n) is 5.44. The normalized spacial score (nSPS) is 14.3. The Hall–Kier alpha value is -0.180. The van der Waals surface area contributed by atoms with Gasteiger partial charge in [0.05, 0.1) is 5.25 Å². The quantitative estimate of drug-likeness (QED) is 0.720. The molecule has 0 aromatic heterocycles. The van der Waals surface area contributed by atoms with Crippen LogP contribution in [-0.4, -0.2) is 29.6 Å². The SMILES string of the molecule is CC(C)C(S)C(=O)N(C)CC(C)(C)C. The average Bonchev–Trinajstić information content (AvgIpc) is 1.98. The van der Waals surface area contributed by atoms with Crippen LogP contribution in [0.1, 0.15) is 34.6 Å². The molecule has 0 aromatic rings. The molecule has 0 saturated heterocycles. The molecule has 0 aromatic carbocycles. The fourth-order valence-corrected chi connectivity index (χ4v) is 1.50. The van der Waals surface area contributed by atoms with Gasteiger partial charge in [0.25, 0.3) is 0 Å². The molecule has 1 amide bonds. The standard InChI is InChI=1S/C11H23NOS/c1-8(2)9(14)10(13)12(6)7-11(3,4)5/h8-9,14H,7H2,1-6H3. The van der Waals surface area contributed by atoms with Crippen LogP contribution in [0.25, 0.3) is 0 Å². The molecule has 0 aliphatic heterocycles. The molecule has 0 saturated carbocycles. The summed E-state index contributed by atoms with van der Waals surface area (Å²) in [6.45, 7) is 11.2. The van der Waals surface area contributed by atoms with Gasteiger partial charge < -0.3 is 4.90 Å². The van der Waals surface area contributed by atoms with Gasteiger partial charge in [-0.3, -0.25) is 4.79 Å². The zero-order valence-electron chi connectivity index (χ0n) is 10.2. The van der Waals surface area contributed by atoms with Crippen molar-refractivity contribution in [1.82, 2.24) is 4.90 Å². The van der Waals surface area contributed by atoms with Crippen molar-refractivity contribution in [3.05, 3.63) is 0 Å². The first kappa shape index (κ1) is 13.8. The lowest BCUT2D eigenvalue weighted by Gasteiger charge is -2.29. The second-order valence-corrected chi connectivity index (χ2v) is 6.00. The van der Waals surface area contributed by atoms with Crippen LogP contribution in [0.2, 0.25) is 0 Å². The van der Waals surface area contributed by atoms with E-state index in [-0.39, 0.29) is 22.5 Å². The molecule has 14 heavy (non-hydrogen) atoms. The zero-order chi connectivity index (χ0) is 11.5. The highest BCUT2D eigenvalue weighted by molar-refractivity contribution is 7.81. The van der Waals surface area contributed by atoms with Crippen LogP contribution in [0.4, 0.5) is 0 Å². The van der Waals surface area contributed by atoms with Crippen molar-refractivity contribution < 1.29 is 4.79 Å². The van der Waals surface area contributed by atoms with E-state index < -0.39 is 0 Å². The largest absolute Gasteiger partial charge is 0.344 e. The first-order valence-electron chi connectivity index (χ1n) is 5.08. The molecule has 0 N–H and O–H groups in total. The third-order valence-electron chi connectivity index (χ3n) is 1.97. The maximum Gasteiger partial charge on any atom is 0.235 e. The molecule has 0 aliphatic rings. The number of carbonyl (C=O) groups excluding carboxylic acids is 1. The van der Waals surface area contributed by atoms with Crippen LogP contribution in [-0.2, 0) is 4.79 Å². The summed E-state index contributed by atoms with van der Waals surface area (Å²) in [7, 11) is 1.85. The highest BCUT2D eigenvalue weighted by Gasteiger charge is 2.24. The van der Waals surface area contributed by atoms with Gasteiger partial charge in [-0.25, -0.2) is 0 Å². The van der Waals surface area contributed by atoms with Crippen molar-refractivity contribution in [3.8, 4) is 0 Å². The number of carbonyl (C=O) groups is 1. The molecular formula is C11H23NOS. The first-order chi connectivity index (χ1) is 6.15. The van der Waals surface area contributed by atoms with Crippen molar-refractivity contribution in [1.29, 1.82) is 0 Å². The monoisotopic (exact) mass is 217 g/mol. The Morgan fingerprint density at radius 2 is 1.79 bits per heavy atom. The van der Waals surface area contributed by atoms with Crippen molar-refractivity contribution in [3.63, 3.8) is 0 Å². The van der Waals surface area contributed by atoms with E-state index in [0.717, 1.165) is 6.54 Å². The van der Waals surface area contributed by atoms with Gasteiger partial charge in [-0.15, -0.1) is 0 Å². The number of thiol groups is 1. The summed E-state index contributed by atoms with van der Waals surface area (Å²) in [6, 6.07) is 0. The first-order valence-corrected chi connectivity index (χ1v) is 5.60. The molecule has 0 aliphatic carbocycles. The Bertz CT molecular complexity index is 196. The topological polar surface area (TPSA) is 20.3 Å². The summed E-state index contributed by atoms with van der Waals surface area (Å²) in [4.78, 5) is 13.6. The van der Waals surface area contributed by atoms with Crippen LogP contribution in [0.3, 0.4) is 0 Å². The van der Waals surface area contributed by atoms with E-state index in [1.807, 2.05) is 20.9 Å². The van der Waals surface area contributed by atoms with Gasteiger partial charge in [0.1, 0.15) is 0 Å². The summed E-state index contributed by atoms with van der Waals surface area (Å²) in [5.74, 6) is 0.409. The summed E-state index contributed by atoms with van der Waals surface area (Å²) in [6.07, 6.45) is 0. The summed E-state index contributed by atoms with van der Waals surface area (Å²) >= 11 is 4.32. The van der Waals surface area contributed by atoms with Crippen molar-refractivity contribution >= 4 is 18.5 Å². The lowest BCUT2D eigenvalue weighted by molar-refractivity contribution is -0.131. The van der Waals surface area contributed by atoms with Crippen molar-refractivity contribution in [2.24, 2.45) is 11.3 Å². The van der Waals surface area contributed by atoms with Gasteiger partial charge in [-0.2, -0.15) is 12.6 Å². The molecule has 84 valence electrons. The minimum absolute atomic E-state index is 0.123. The lowest BCUT2D eigenvalue weighted by Crippen LogP contribution is -2.40. The third kappa shape index (κ3) is 4.89. The Kier molecular flexibility index (Phi) is 4.99. The molecular weight excluding hydrogens is 194 g/mol. The summed E-state index contributed by atoms with van der Waals surface area (Å²) in [5.41, 5.74) is 0.148. The molecule has 0 rings (SSSR count). The van der Waals surface area contributed by atoms with E-state index in [4.69, 9.17) is 0 Å². The minimum Gasteiger partial charge on any atom is -0.344 e. The molecule has 0 fully saturated rings. The van der Waals surface area contributed by atoms with E-state index in [1.54, 1.807) is 4.90 Å². The zero-order valence-corrected chi connectivity index (χ0v) is 11.1. The van der Waals surface area contributed by atoms with E-state index in [1.165, 1.54) is 0 Å². The average molecular weight is 217 g/mol. The molecule has 0 spiro atoms. The molecule has 0 heterocycles. The lowest BCUT2D eigenvalue weighted by atomic mass is 9.96. The smallest absolute Gasteiger partial charge is 0.235 e. The minimum atomic E-state index is -0.178. The Morgan fingerprint density at radius 3 is 2.07 bits per heavy atom. The van der Waals surface area contributed by atoms with Gasteiger partial charge >= 0.3 is 0 Å². The Balaban J connectivity index is 4.26.